The Hall–Kier alpha value is -3.19. The number of hydrogen-bond donors (Lipinski definition) is 0. The van der Waals surface area contributed by atoms with E-state index < -0.39 is 0 Å². The molecule has 3 aromatic rings. The SMILES string of the molecule is N#Cc1cccc2c1CC(c1ccc(Cn3cccn3)cc1)=NC2. The first-order chi connectivity index (χ1) is 11.8. The van der Waals surface area contributed by atoms with Crippen molar-refractivity contribution in [3.05, 3.63) is 88.7 Å². The van der Waals surface area contributed by atoms with Crippen molar-refractivity contribution in [1.29, 1.82) is 5.26 Å². The largest absolute Gasteiger partial charge is 0.284 e. The second-order valence-electron chi connectivity index (χ2n) is 5.90. The zero-order valence-electron chi connectivity index (χ0n) is 13.2. The minimum absolute atomic E-state index is 0.648. The second-order valence-corrected chi connectivity index (χ2v) is 5.90. The maximum atomic E-state index is 9.31. The number of nitriles is 1. The van der Waals surface area contributed by atoms with Gasteiger partial charge in [-0.1, -0.05) is 36.4 Å². The van der Waals surface area contributed by atoms with Gasteiger partial charge in [0.1, 0.15) is 0 Å². The summed E-state index contributed by atoms with van der Waals surface area (Å²) in [5.74, 6) is 0. The first-order valence-corrected chi connectivity index (χ1v) is 7.94. The summed E-state index contributed by atoms with van der Waals surface area (Å²) in [5.41, 5.74) is 6.42. The molecule has 0 radical (unpaired) electrons. The first-order valence-electron chi connectivity index (χ1n) is 7.94. The lowest BCUT2D eigenvalue weighted by molar-refractivity contribution is 0.687. The van der Waals surface area contributed by atoms with Gasteiger partial charge in [0.25, 0.3) is 0 Å². The summed E-state index contributed by atoms with van der Waals surface area (Å²) in [4.78, 5) is 4.71. The van der Waals surface area contributed by atoms with E-state index in [1.165, 1.54) is 5.56 Å². The van der Waals surface area contributed by atoms with E-state index in [2.05, 4.69) is 41.5 Å². The Morgan fingerprint density at radius 2 is 1.96 bits per heavy atom. The minimum Gasteiger partial charge on any atom is -0.284 e. The van der Waals surface area contributed by atoms with Crippen LogP contribution in [-0.2, 0) is 19.5 Å². The Kier molecular flexibility index (Phi) is 3.68. The normalized spacial score (nSPS) is 13.0. The molecule has 0 N–H and O–H groups in total. The molecule has 0 fully saturated rings. The standard InChI is InChI=1S/C20H16N4/c21-12-17-3-1-4-18-13-22-20(11-19(17)18)16-7-5-15(6-8-16)14-24-10-2-9-23-24/h1-10H,11,13-14H2. The van der Waals surface area contributed by atoms with Crippen molar-refractivity contribution in [2.24, 2.45) is 4.99 Å². The minimum atomic E-state index is 0.648. The van der Waals surface area contributed by atoms with Crippen molar-refractivity contribution in [3.8, 4) is 6.07 Å². The van der Waals surface area contributed by atoms with Crippen LogP contribution < -0.4 is 0 Å². The average molecular weight is 312 g/mol. The van der Waals surface area contributed by atoms with Gasteiger partial charge in [0.2, 0.25) is 0 Å². The van der Waals surface area contributed by atoms with Crippen LogP contribution in [0.2, 0.25) is 0 Å². The van der Waals surface area contributed by atoms with Gasteiger partial charge in [-0.15, -0.1) is 0 Å². The van der Waals surface area contributed by atoms with E-state index in [0.717, 1.165) is 40.9 Å². The molecule has 0 atom stereocenters. The number of aliphatic imine (C=N–C) groups is 1. The van der Waals surface area contributed by atoms with Crippen LogP contribution in [0.5, 0.6) is 0 Å². The highest BCUT2D eigenvalue weighted by Gasteiger charge is 2.16. The van der Waals surface area contributed by atoms with Gasteiger partial charge < -0.3 is 0 Å². The predicted molar refractivity (Wildman–Crippen MR) is 92.9 cm³/mol. The van der Waals surface area contributed by atoms with Crippen molar-refractivity contribution in [1.82, 2.24) is 9.78 Å². The molecule has 0 saturated carbocycles. The van der Waals surface area contributed by atoms with E-state index >= 15 is 0 Å². The number of fused-ring (bicyclic) bond motifs is 1. The van der Waals surface area contributed by atoms with E-state index in [1.54, 1.807) is 6.20 Å². The Labute approximate surface area is 140 Å². The van der Waals surface area contributed by atoms with Crippen LogP contribution in [0.25, 0.3) is 0 Å². The van der Waals surface area contributed by atoms with Gasteiger partial charge in [-0.25, -0.2) is 0 Å². The van der Waals surface area contributed by atoms with Gasteiger partial charge in [-0.2, -0.15) is 10.4 Å². The quantitative estimate of drug-likeness (QED) is 0.744. The molecule has 0 bridgehead atoms. The highest BCUT2D eigenvalue weighted by molar-refractivity contribution is 6.03. The molecule has 24 heavy (non-hydrogen) atoms. The second kappa shape index (κ2) is 6.13. The molecule has 0 spiro atoms. The third-order valence-electron chi connectivity index (χ3n) is 4.37. The smallest absolute Gasteiger partial charge is 0.0994 e. The van der Waals surface area contributed by atoms with Crippen LogP contribution in [0.15, 0.2) is 65.9 Å². The lowest BCUT2D eigenvalue weighted by Gasteiger charge is -2.18. The molecule has 0 aliphatic carbocycles. The number of rotatable bonds is 3. The molecule has 2 heterocycles. The van der Waals surface area contributed by atoms with Gasteiger partial charge in [0.05, 0.1) is 24.7 Å². The van der Waals surface area contributed by atoms with Gasteiger partial charge in [0.15, 0.2) is 0 Å². The lowest BCUT2D eigenvalue weighted by atomic mass is 9.91. The van der Waals surface area contributed by atoms with Crippen molar-refractivity contribution in [2.75, 3.05) is 0 Å². The number of nitrogens with zero attached hydrogens (tertiary/aromatic N) is 4. The van der Waals surface area contributed by atoms with E-state index in [1.807, 2.05) is 29.1 Å². The predicted octanol–water partition coefficient (Wildman–Crippen LogP) is 3.35. The molecule has 2 aromatic carbocycles. The monoisotopic (exact) mass is 312 g/mol. The molecule has 1 aliphatic rings. The summed E-state index contributed by atoms with van der Waals surface area (Å²) in [6.45, 7) is 1.41. The van der Waals surface area contributed by atoms with Crippen molar-refractivity contribution in [3.63, 3.8) is 0 Å². The molecule has 0 amide bonds. The number of hydrogen-bond acceptors (Lipinski definition) is 3. The highest BCUT2D eigenvalue weighted by Crippen LogP contribution is 2.23. The summed E-state index contributed by atoms with van der Waals surface area (Å²) < 4.78 is 1.91. The maximum Gasteiger partial charge on any atom is 0.0994 e. The van der Waals surface area contributed by atoms with Crippen LogP contribution in [0.1, 0.15) is 27.8 Å². The van der Waals surface area contributed by atoms with Crippen LogP contribution in [-0.4, -0.2) is 15.5 Å². The third-order valence-corrected chi connectivity index (χ3v) is 4.37. The van der Waals surface area contributed by atoms with Gasteiger partial charge in [0, 0.05) is 24.5 Å². The third kappa shape index (κ3) is 2.72. The van der Waals surface area contributed by atoms with Crippen LogP contribution >= 0.6 is 0 Å². The zero-order chi connectivity index (χ0) is 16.4. The molecular weight excluding hydrogens is 296 g/mol. The zero-order valence-corrected chi connectivity index (χ0v) is 13.2. The molecule has 4 rings (SSSR count). The Balaban J connectivity index is 1.56. The first kappa shape index (κ1) is 14.4. The van der Waals surface area contributed by atoms with Crippen LogP contribution in [0, 0.1) is 11.3 Å². The van der Waals surface area contributed by atoms with E-state index in [9.17, 15) is 5.26 Å². The highest BCUT2D eigenvalue weighted by atomic mass is 15.3. The fraction of sp³-hybridized carbons (Fsp3) is 0.150. The fourth-order valence-electron chi connectivity index (χ4n) is 3.08. The van der Waals surface area contributed by atoms with E-state index in [-0.39, 0.29) is 0 Å². The van der Waals surface area contributed by atoms with Crippen LogP contribution in [0.4, 0.5) is 0 Å². The van der Waals surface area contributed by atoms with Crippen molar-refractivity contribution < 1.29 is 0 Å². The summed E-state index contributed by atoms with van der Waals surface area (Å²) >= 11 is 0. The summed E-state index contributed by atoms with van der Waals surface area (Å²) in [6.07, 6.45) is 4.46. The molecule has 0 saturated heterocycles. The van der Waals surface area contributed by atoms with E-state index in [0.29, 0.717) is 6.54 Å². The number of aromatic nitrogens is 2. The summed E-state index contributed by atoms with van der Waals surface area (Å²) in [5, 5.41) is 13.5. The molecule has 4 nitrogen and oxygen atoms in total. The molecule has 0 unspecified atom stereocenters. The van der Waals surface area contributed by atoms with E-state index in [4.69, 9.17) is 4.99 Å². The summed E-state index contributed by atoms with van der Waals surface area (Å²) in [7, 11) is 0. The summed E-state index contributed by atoms with van der Waals surface area (Å²) in [6, 6.07) is 18.5. The van der Waals surface area contributed by atoms with Crippen LogP contribution in [0.3, 0.4) is 0 Å². The van der Waals surface area contributed by atoms with Gasteiger partial charge in [-0.3, -0.25) is 9.67 Å². The maximum absolute atomic E-state index is 9.31. The molecular formula is C20H16N4. The Morgan fingerprint density at radius 1 is 1.08 bits per heavy atom. The Morgan fingerprint density at radius 3 is 2.71 bits per heavy atom. The fourth-order valence-corrected chi connectivity index (χ4v) is 3.08. The van der Waals surface area contributed by atoms with Crippen molar-refractivity contribution >= 4 is 5.71 Å². The average Bonchev–Trinajstić information content (AvgIpc) is 3.14. The molecule has 4 heteroatoms. The Bertz CT molecular complexity index is 929. The van der Waals surface area contributed by atoms with Gasteiger partial charge >= 0.3 is 0 Å². The molecule has 116 valence electrons. The van der Waals surface area contributed by atoms with Crippen molar-refractivity contribution in [2.45, 2.75) is 19.5 Å². The van der Waals surface area contributed by atoms with Gasteiger partial charge in [-0.05, 0) is 34.4 Å². The number of benzene rings is 2. The topological polar surface area (TPSA) is 54.0 Å². The molecule has 1 aromatic heterocycles. The lowest BCUT2D eigenvalue weighted by Crippen LogP contribution is -2.14. The molecule has 1 aliphatic heterocycles.